The summed E-state index contributed by atoms with van der Waals surface area (Å²) in [5.74, 6) is 0.851. The molecule has 0 amide bonds. The van der Waals surface area contributed by atoms with Crippen LogP contribution in [0.4, 0.5) is 0 Å². The molecule has 0 aromatic carbocycles. The third-order valence-electron chi connectivity index (χ3n) is 4.11. The first kappa shape index (κ1) is 18.9. The van der Waals surface area contributed by atoms with Gasteiger partial charge in [0.2, 0.25) is 0 Å². The summed E-state index contributed by atoms with van der Waals surface area (Å²) in [7, 11) is 1.87. The van der Waals surface area contributed by atoms with E-state index in [0.29, 0.717) is 12.1 Å². The predicted octanol–water partition coefficient (Wildman–Crippen LogP) is 4.78. The second kappa shape index (κ2) is 12.9. The van der Waals surface area contributed by atoms with Gasteiger partial charge in [0.1, 0.15) is 0 Å². The monoisotopic (exact) mass is 271 g/mol. The van der Waals surface area contributed by atoms with Crippen molar-refractivity contribution >= 4 is 0 Å². The Labute approximate surface area is 121 Å². The van der Waals surface area contributed by atoms with Crippen LogP contribution in [0.15, 0.2) is 0 Å². The van der Waals surface area contributed by atoms with E-state index < -0.39 is 0 Å². The van der Waals surface area contributed by atoms with E-state index in [-0.39, 0.29) is 0 Å². The van der Waals surface area contributed by atoms with Gasteiger partial charge >= 0.3 is 0 Å². The van der Waals surface area contributed by atoms with Crippen molar-refractivity contribution in [3.05, 3.63) is 0 Å². The average Bonchev–Trinajstić information content (AvgIpc) is 2.44. The lowest BCUT2D eigenvalue weighted by atomic mass is 9.89. The lowest BCUT2D eigenvalue weighted by molar-refractivity contribution is 0.0516. The zero-order chi connectivity index (χ0) is 14.5. The predicted molar refractivity (Wildman–Crippen MR) is 85.7 cm³/mol. The van der Waals surface area contributed by atoms with E-state index in [1.54, 1.807) is 0 Å². The van der Waals surface area contributed by atoms with Crippen LogP contribution in [0, 0.1) is 5.92 Å². The van der Waals surface area contributed by atoms with Crippen molar-refractivity contribution < 1.29 is 4.74 Å². The molecule has 0 saturated carbocycles. The van der Waals surface area contributed by atoms with Gasteiger partial charge in [-0.05, 0) is 31.7 Å². The number of hydrogen-bond acceptors (Lipinski definition) is 2. The molecule has 0 saturated heterocycles. The Kier molecular flexibility index (Phi) is 12.9. The molecular formula is C17H37NO. The van der Waals surface area contributed by atoms with E-state index in [2.05, 4.69) is 33.0 Å². The minimum absolute atomic E-state index is 0.382. The van der Waals surface area contributed by atoms with Crippen molar-refractivity contribution in [2.75, 3.05) is 13.7 Å². The molecule has 0 aromatic heterocycles. The smallest absolute Gasteiger partial charge is 0.0724 e. The van der Waals surface area contributed by atoms with Crippen molar-refractivity contribution in [2.24, 2.45) is 5.92 Å². The quantitative estimate of drug-likeness (QED) is 0.520. The first-order chi connectivity index (χ1) is 9.23. The van der Waals surface area contributed by atoms with Gasteiger partial charge in [0.25, 0.3) is 0 Å². The van der Waals surface area contributed by atoms with E-state index in [9.17, 15) is 0 Å². The lowest BCUT2D eigenvalue weighted by Crippen LogP contribution is -2.42. The van der Waals surface area contributed by atoms with Crippen LogP contribution in [0.3, 0.4) is 0 Å². The molecule has 0 heterocycles. The van der Waals surface area contributed by atoms with Crippen molar-refractivity contribution in [1.82, 2.24) is 5.32 Å². The third-order valence-corrected chi connectivity index (χ3v) is 4.11. The fraction of sp³-hybridized carbons (Fsp3) is 1.00. The van der Waals surface area contributed by atoms with Gasteiger partial charge in [-0.1, -0.05) is 59.8 Å². The normalized spacial score (nSPS) is 16.3. The highest BCUT2D eigenvalue weighted by molar-refractivity contribution is 4.79. The van der Waals surface area contributed by atoms with Crippen molar-refractivity contribution in [1.29, 1.82) is 0 Å². The number of nitrogens with one attached hydrogen (secondary N) is 1. The summed E-state index contributed by atoms with van der Waals surface area (Å²) in [5.41, 5.74) is 0. The molecule has 0 fully saturated rings. The van der Waals surface area contributed by atoms with Gasteiger partial charge < -0.3 is 10.1 Å². The maximum Gasteiger partial charge on any atom is 0.0724 e. The molecule has 2 nitrogen and oxygen atoms in total. The highest BCUT2D eigenvalue weighted by atomic mass is 16.5. The molecule has 0 aliphatic rings. The second-order valence-corrected chi connectivity index (χ2v) is 5.78. The van der Waals surface area contributed by atoms with E-state index >= 15 is 0 Å². The average molecular weight is 271 g/mol. The topological polar surface area (TPSA) is 21.3 Å². The van der Waals surface area contributed by atoms with Crippen LogP contribution in [0.5, 0.6) is 0 Å². The molecule has 0 rings (SSSR count). The Morgan fingerprint density at radius 1 is 0.947 bits per heavy atom. The number of ether oxygens (including phenoxy) is 1. The van der Waals surface area contributed by atoms with Crippen LogP contribution in [0.1, 0.15) is 79.1 Å². The Hall–Kier alpha value is -0.0800. The zero-order valence-electron chi connectivity index (χ0n) is 14.0. The Morgan fingerprint density at radius 3 is 2.16 bits per heavy atom. The molecule has 0 radical (unpaired) electrons. The molecular weight excluding hydrogens is 234 g/mol. The minimum atomic E-state index is 0.382. The summed E-state index contributed by atoms with van der Waals surface area (Å²) in [6.45, 7) is 10.2. The van der Waals surface area contributed by atoms with Gasteiger partial charge in [-0.3, -0.25) is 0 Å². The molecule has 0 aromatic rings. The van der Waals surface area contributed by atoms with E-state index in [4.69, 9.17) is 4.74 Å². The van der Waals surface area contributed by atoms with Gasteiger partial charge in [-0.15, -0.1) is 0 Å². The van der Waals surface area contributed by atoms with Crippen molar-refractivity contribution in [2.45, 2.75) is 91.2 Å². The van der Waals surface area contributed by atoms with Crippen molar-refractivity contribution in [3.8, 4) is 0 Å². The Balaban J connectivity index is 4.43. The molecule has 19 heavy (non-hydrogen) atoms. The van der Waals surface area contributed by atoms with Gasteiger partial charge in [-0.25, -0.2) is 0 Å². The molecule has 0 aliphatic carbocycles. The van der Waals surface area contributed by atoms with Crippen molar-refractivity contribution in [3.63, 3.8) is 0 Å². The summed E-state index contributed by atoms with van der Waals surface area (Å²) < 4.78 is 5.74. The Morgan fingerprint density at radius 2 is 1.68 bits per heavy atom. The molecule has 3 unspecified atom stereocenters. The van der Waals surface area contributed by atoms with Crippen LogP contribution >= 0.6 is 0 Å². The first-order valence-electron chi connectivity index (χ1n) is 8.49. The Bertz CT molecular complexity index is 184. The molecule has 0 aliphatic heterocycles. The van der Waals surface area contributed by atoms with Crippen LogP contribution in [0.2, 0.25) is 0 Å². The number of hydrogen-bond donors (Lipinski definition) is 1. The fourth-order valence-electron chi connectivity index (χ4n) is 2.80. The summed E-state index contributed by atoms with van der Waals surface area (Å²) in [5, 5.41) is 3.72. The molecule has 0 spiro atoms. The van der Waals surface area contributed by atoms with E-state index in [1.165, 1.54) is 51.4 Å². The molecule has 0 bridgehead atoms. The highest BCUT2D eigenvalue weighted by Gasteiger charge is 2.22. The van der Waals surface area contributed by atoms with Crippen LogP contribution < -0.4 is 5.32 Å². The summed E-state index contributed by atoms with van der Waals surface area (Å²) in [6, 6.07) is 0.534. The maximum absolute atomic E-state index is 5.74. The van der Waals surface area contributed by atoms with E-state index in [1.807, 2.05) is 7.11 Å². The molecule has 1 N–H and O–H groups in total. The number of methoxy groups -OCH3 is 1. The fourth-order valence-corrected chi connectivity index (χ4v) is 2.80. The van der Waals surface area contributed by atoms with Gasteiger partial charge in [0, 0.05) is 13.2 Å². The molecule has 2 heteroatoms. The van der Waals surface area contributed by atoms with Gasteiger partial charge in [-0.2, -0.15) is 0 Å². The van der Waals surface area contributed by atoms with Gasteiger partial charge in [0.15, 0.2) is 0 Å². The highest BCUT2D eigenvalue weighted by Crippen LogP contribution is 2.22. The maximum atomic E-state index is 5.74. The first-order valence-corrected chi connectivity index (χ1v) is 8.49. The van der Waals surface area contributed by atoms with Crippen LogP contribution in [-0.2, 0) is 4.74 Å². The second-order valence-electron chi connectivity index (χ2n) is 5.78. The summed E-state index contributed by atoms with van der Waals surface area (Å²) >= 11 is 0. The van der Waals surface area contributed by atoms with Gasteiger partial charge in [0.05, 0.1) is 6.10 Å². The number of rotatable bonds is 13. The minimum Gasteiger partial charge on any atom is -0.380 e. The SMILES string of the molecule is CCCCC(CC)CC(NCCC)C(CCC)OC. The van der Waals surface area contributed by atoms with E-state index in [0.717, 1.165) is 12.5 Å². The molecule has 3 atom stereocenters. The molecule has 116 valence electrons. The zero-order valence-corrected chi connectivity index (χ0v) is 14.0. The largest absolute Gasteiger partial charge is 0.380 e. The van der Waals surface area contributed by atoms with Crippen LogP contribution in [-0.4, -0.2) is 25.8 Å². The number of unbranched alkanes of at least 4 members (excludes halogenated alkanes) is 1. The third kappa shape index (κ3) is 8.65. The van der Waals surface area contributed by atoms with Crippen LogP contribution in [0.25, 0.3) is 0 Å². The summed E-state index contributed by atoms with van der Waals surface area (Å²) in [4.78, 5) is 0. The summed E-state index contributed by atoms with van der Waals surface area (Å²) in [6.07, 6.45) is 10.6. The standard InChI is InChI=1S/C17H37NO/c1-6-10-12-15(9-4)14-16(18-13-8-3)17(19-5)11-7-2/h15-18H,6-14H2,1-5H3. The lowest BCUT2D eigenvalue weighted by Gasteiger charge is -2.30.